The van der Waals surface area contributed by atoms with E-state index < -0.39 is 20.3 Å². The average molecular weight is 130 g/mol. The van der Waals surface area contributed by atoms with Crippen LogP contribution in [0.4, 0.5) is 13.2 Å². The molecule has 0 saturated heterocycles. The van der Waals surface area contributed by atoms with E-state index in [-0.39, 0.29) is 0 Å². The van der Waals surface area contributed by atoms with E-state index in [1.165, 1.54) is 0 Å². The fourth-order valence-corrected chi connectivity index (χ4v) is 0.131. The predicted molar refractivity (Wildman–Crippen MR) is 19.0 cm³/mol. The van der Waals surface area contributed by atoms with Gasteiger partial charge in [-0.3, -0.25) is 4.74 Å². The van der Waals surface area contributed by atoms with Crippen molar-refractivity contribution in [3.8, 4) is 0 Å². The van der Waals surface area contributed by atoms with E-state index >= 15 is 0 Å². The molecule has 0 spiro atoms. The second-order valence-electron chi connectivity index (χ2n) is 0.858. The van der Waals surface area contributed by atoms with E-state index in [1.807, 2.05) is 0 Å². The molecular formula is C3H5F3O2. The number of hydrogen-bond donors (Lipinski definition) is 0. The van der Waals surface area contributed by atoms with Crippen LogP contribution in [-0.2, 0) is 9.47 Å². The van der Waals surface area contributed by atoms with Crippen LogP contribution in [0.3, 0.4) is 0 Å². The Morgan fingerprint density at radius 2 is 2.00 bits per heavy atom. The monoisotopic (exact) mass is 130 g/mol. The minimum Gasteiger partial charge on any atom is -0.324 e. The van der Waals surface area contributed by atoms with Gasteiger partial charge in [0, 0.05) is 0 Å². The van der Waals surface area contributed by atoms with Gasteiger partial charge < -0.3 is 4.74 Å². The summed E-state index contributed by atoms with van der Waals surface area (Å²) >= 11 is 0. The molecule has 0 aliphatic carbocycles. The molecule has 0 fully saturated rings. The summed E-state index contributed by atoms with van der Waals surface area (Å²) < 4.78 is 40.0. The summed E-state index contributed by atoms with van der Waals surface area (Å²) in [5.41, 5.74) is 0. The Bertz CT molecular complexity index is 49.8. The minimum absolute atomic E-state index is 0.700. The fourth-order valence-electron chi connectivity index (χ4n) is 0.131. The second-order valence-corrected chi connectivity index (χ2v) is 0.858. The molecule has 8 heavy (non-hydrogen) atoms. The normalized spacial score (nSPS) is 10.5. The van der Waals surface area contributed by atoms with Crippen LogP contribution in [0.1, 0.15) is 0 Å². The first-order chi connectivity index (χ1) is 3.77. The molecule has 0 saturated carbocycles. The number of halogens is 3. The summed E-state index contributed by atoms with van der Waals surface area (Å²) in [5.74, 6) is 0. The summed E-state index contributed by atoms with van der Waals surface area (Å²) in [6, 6.07) is 0. The maximum Gasteiger partial charge on any atom is 0.347 e. The molecule has 50 valence electrons. The molecule has 0 atom stereocenters. The minimum atomic E-state index is -2.89. The van der Waals surface area contributed by atoms with Gasteiger partial charge in [0.1, 0.15) is 0 Å². The van der Waals surface area contributed by atoms with Crippen molar-refractivity contribution in [1.29, 1.82) is 0 Å². The SMILES string of the molecule is FCOCOC(F)F. The Labute approximate surface area is 44.2 Å². The van der Waals surface area contributed by atoms with Gasteiger partial charge in [-0.15, -0.1) is 0 Å². The molecule has 0 N–H and O–H groups in total. The van der Waals surface area contributed by atoms with Crippen LogP contribution >= 0.6 is 0 Å². The molecule has 0 aromatic heterocycles. The van der Waals surface area contributed by atoms with Crippen LogP contribution < -0.4 is 0 Å². The molecule has 0 rings (SSSR count). The molecule has 0 radical (unpaired) electrons. The van der Waals surface area contributed by atoms with E-state index in [9.17, 15) is 13.2 Å². The maximum atomic E-state index is 10.9. The Hall–Kier alpha value is -0.290. The van der Waals surface area contributed by atoms with Crippen LogP contribution in [-0.4, -0.2) is 20.3 Å². The third kappa shape index (κ3) is 5.71. The molecule has 0 heterocycles. The van der Waals surface area contributed by atoms with Gasteiger partial charge in [-0.25, -0.2) is 4.39 Å². The summed E-state index contributed by atoms with van der Waals surface area (Å²) in [6.07, 6.45) is 0. The lowest BCUT2D eigenvalue weighted by Gasteiger charge is -1.98. The number of alkyl halides is 3. The van der Waals surface area contributed by atoms with E-state index in [2.05, 4.69) is 9.47 Å². The Balaban J connectivity index is 2.72. The molecule has 0 aromatic carbocycles. The average Bonchev–Trinajstić information content (AvgIpc) is 1.66. The molecule has 0 bridgehead atoms. The highest BCUT2D eigenvalue weighted by Gasteiger charge is 1.98. The third-order valence-corrected chi connectivity index (χ3v) is 0.355. The van der Waals surface area contributed by atoms with E-state index in [1.54, 1.807) is 0 Å². The fraction of sp³-hybridized carbons (Fsp3) is 1.00. The lowest BCUT2D eigenvalue weighted by atomic mass is 11.3. The lowest BCUT2D eigenvalue weighted by molar-refractivity contribution is -0.199. The van der Waals surface area contributed by atoms with E-state index in [0.717, 1.165) is 0 Å². The highest BCUT2D eigenvalue weighted by molar-refractivity contribution is 4.04. The Morgan fingerprint density at radius 3 is 2.38 bits per heavy atom. The first-order valence-corrected chi connectivity index (χ1v) is 1.81. The van der Waals surface area contributed by atoms with Crippen molar-refractivity contribution < 1.29 is 22.6 Å². The molecule has 0 amide bonds. The molecule has 5 heteroatoms. The zero-order chi connectivity index (χ0) is 6.41. The predicted octanol–water partition coefficient (Wildman–Crippen LogP) is 1.13. The largest absolute Gasteiger partial charge is 0.347 e. The molecule has 0 aliphatic rings. The smallest absolute Gasteiger partial charge is 0.324 e. The lowest BCUT2D eigenvalue weighted by Crippen LogP contribution is -2.03. The number of rotatable bonds is 4. The third-order valence-electron chi connectivity index (χ3n) is 0.355. The quantitative estimate of drug-likeness (QED) is 0.419. The van der Waals surface area contributed by atoms with Gasteiger partial charge in [-0.1, -0.05) is 0 Å². The van der Waals surface area contributed by atoms with Crippen molar-refractivity contribution in [2.75, 3.05) is 13.7 Å². The Kier molecular flexibility index (Phi) is 4.68. The van der Waals surface area contributed by atoms with Gasteiger partial charge in [0.2, 0.25) is 0 Å². The molecule has 2 nitrogen and oxygen atoms in total. The van der Waals surface area contributed by atoms with Gasteiger partial charge in [-0.05, 0) is 0 Å². The standard InChI is InChI=1S/C3H5F3O2/c4-1-7-2-8-3(5)6/h3H,1-2H2. The van der Waals surface area contributed by atoms with Crippen molar-refractivity contribution in [2.24, 2.45) is 0 Å². The van der Waals surface area contributed by atoms with Gasteiger partial charge in [0.05, 0.1) is 0 Å². The van der Waals surface area contributed by atoms with Crippen LogP contribution in [0.25, 0.3) is 0 Å². The van der Waals surface area contributed by atoms with Crippen LogP contribution in [0.15, 0.2) is 0 Å². The summed E-state index contributed by atoms with van der Waals surface area (Å²) in [5, 5.41) is 0. The highest BCUT2D eigenvalue weighted by atomic mass is 19.3. The van der Waals surface area contributed by atoms with Crippen LogP contribution in [0.5, 0.6) is 0 Å². The van der Waals surface area contributed by atoms with Crippen molar-refractivity contribution in [1.82, 2.24) is 0 Å². The van der Waals surface area contributed by atoms with Crippen molar-refractivity contribution >= 4 is 0 Å². The molecule has 0 aliphatic heterocycles. The van der Waals surface area contributed by atoms with Crippen molar-refractivity contribution in [3.63, 3.8) is 0 Å². The number of hydrogen-bond acceptors (Lipinski definition) is 2. The number of ether oxygens (including phenoxy) is 2. The topological polar surface area (TPSA) is 18.5 Å². The summed E-state index contributed by atoms with van der Waals surface area (Å²) in [4.78, 5) is 0. The van der Waals surface area contributed by atoms with Crippen molar-refractivity contribution in [2.45, 2.75) is 6.61 Å². The second kappa shape index (κ2) is 4.86. The van der Waals surface area contributed by atoms with Crippen LogP contribution in [0.2, 0.25) is 0 Å². The van der Waals surface area contributed by atoms with Crippen molar-refractivity contribution in [3.05, 3.63) is 0 Å². The van der Waals surface area contributed by atoms with Gasteiger partial charge in [0.25, 0.3) is 0 Å². The zero-order valence-electron chi connectivity index (χ0n) is 3.94. The van der Waals surface area contributed by atoms with E-state index in [4.69, 9.17) is 0 Å². The van der Waals surface area contributed by atoms with Gasteiger partial charge in [-0.2, -0.15) is 8.78 Å². The molecule has 0 aromatic rings. The molecule has 0 unspecified atom stereocenters. The summed E-state index contributed by atoms with van der Waals surface area (Å²) in [6.45, 7) is -4.69. The van der Waals surface area contributed by atoms with E-state index in [0.29, 0.717) is 0 Å². The van der Waals surface area contributed by atoms with Crippen LogP contribution in [0, 0.1) is 0 Å². The van der Waals surface area contributed by atoms with Gasteiger partial charge >= 0.3 is 6.61 Å². The molecular weight excluding hydrogens is 125 g/mol. The maximum absolute atomic E-state index is 10.9. The zero-order valence-corrected chi connectivity index (χ0v) is 3.94. The van der Waals surface area contributed by atoms with Gasteiger partial charge in [0.15, 0.2) is 13.7 Å². The Morgan fingerprint density at radius 1 is 1.38 bits per heavy atom. The summed E-state index contributed by atoms with van der Waals surface area (Å²) in [7, 11) is 0. The highest BCUT2D eigenvalue weighted by Crippen LogP contribution is 1.93. The first-order valence-electron chi connectivity index (χ1n) is 1.81. The first kappa shape index (κ1) is 7.71.